The van der Waals surface area contributed by atoms with Gasteiger partial charge < -0.3 is 16.4 Å². The molecule has 0 aliphatic heterocycles. The maximum Gasteiger partial charge on any atom is 0.244 e. The number of nitrogen functional groups attached to an aromatic ring is 1. The number of benzene rings is 4. The van der Waals surface area contributed by atoms with E-state index in [4.69, 9.17) is 22.0 Å². The molecule has 8 nitrogen and oxygen atoms in total. The second-order valence-corrected chi connectivity index (χ2v) is 10.2. The number of hydrogen-bond donors (Lipinski definition) is 4. The third-order valence-electron chi connectivity index (χ3n) is 6.07. The summed E-state index contributed by atoms with van der Waals surface area (Å²) in [6.07, 6.45) is 0. The van der Waals surface area contributed by atoms with Crippen molar-refractivity contribution < 1.29 is 17.6 Å². The van der Waals surface area contributed by atoms with Crippen molar-refractivity contribution in [1.82, 2.24) is 0 Å². The highest BCUT2D eigenvalue weighted by molar-refractivity contribution is 7.89. The van der Waals surface area contributed by atoms with E-state index >= 15 is 0 Å². The molecule has 1 atom stereocenters. The molecule has 0 aromatic heterocycles. The van der Waals surface area contributed by atoms with Gasteiger partial charge in [0.25, 0.3) is 0 Å². The van der Waals surface area contributed by atoms with Gasteiger partial charge in [0.2, 0.25) is 15.9 Å². The summed E-state index contributed by atoms with van der Waals surface area (Å²) in [6, 6.07) is 24.9. The predicted octanol–water partition coefficient (Wildman–Crippen LogP) is 3.66. The number of nitrogens with zero attached hydrogens (tertiary/aromatic N) is 1. The lowest BCUT2D eigenvalue weighted by molar-refractivity contribution is -0.119. The standard InChI is InChI=1S/C28H26FN5O3S/c29-22-14-8-18(9-15-22)17-34(23-5-3-4-21(16-23)27(30)31)26(28(32)35)20-12-10-19(11-13-20)24-6-1-2-7-25(24)38(33,36)37/h1-16,26H,17H2,(H3,30,31)(H2,32,35)(H2,33,36,37). The van der Waals surface area contributed by atoms with Crippen LogP contribution in [0.3, 0.4) is 0 Å². The van der Waals surface area contributed by atoms with E-state index < -0.39 is 22.0 Å². The second kappa shape index (κ2) is 10.8. The van der Waals surface area contributed by atoms with Crippen LogP contribution in [0.5, 0.6) is 0 Å². The summed E-state index contributed by atoms with van der Waals surface area (Å²) in [5, 5.41) is 13.2. The van der Waals surface area contributed by atoms with Crippen molar-refractivity contribution in [3.05, 3.63) is 120 Å². The Bertz CT molecular complexity index is 1590. The van der Waals surface area contributed by atoms with E-state index in [-0.39, 0.29) is 23.1 Å². The molecular weight excluding hydrogens is 505 g/mol. The normalized spacial score (nSPS) is 12.1. The monoisotopic (exact) mass is 531 g/mol. The van der Waals surface area contributed by atoms with Crippen LogP contribution in [-0.2, 0) is 21.4 Å². The summed E-state index contributed by atoms with van der Waals surface area (Å²) in [7, 11) is -3.96. The number of amides is 1. The number of anilines is 1. The lowest BCUT2D eigenvalue weighted by Crippen LogP contribution is -2.37. The van der Waals surface area contributed by atoms with Crippen LogP contribution in [0.1, 0.15) is 22.7 Å². The number of amidine groups is 1. The minimum Gasteiger partial charge on any atom is -0.384 e. The van der Waals surface area contributed by atoms with Crippen molar-refractivity contribution >= 4 is 27.5 Å². The van der Waals surface area contributed by atoms with Crippen LogP contribution in [0.4, 0.5) is 10.1 Å². The molecule has 4 aromatic carbocycles. The third-order valence-corrected chi connectivity index (χ3v) is 7.04. The Labute approximate surface area is 220 Å². The quantitative estimate of drug-likeness (QED) is 0.192. The topological polar surface area (TPSA) is 156 Å². The highest BCUT2D eigenvalue weighted by Gasteiger charge is 2.27. The van der Waals surface area contributed by atoms with E-state index in [1.807, 2.05) is 0 Å². The summed E-state index contributed by atoms with van der Waals surface area (Å²) >= 11 is 0. The molecule has 0 spiro atoms. The Balaban J connectivity index is 1.79. The molecule has 0 saturated heterocycles. The van der Waals surface area contributed by atoms with E-state index in [0.29, 0.717) is 27.9 Å². The van der Waals surface area contributed by atoms with Gasteiger partial charge in [-0.3, -0.25) is 10.2 Å². The maximum atomic E-state index is 13.5. The predicted molar refractivity (Wildman–Crippen MR) is 145 cm³/mol. The van der Waals surface area contributed by atoms with Gasteiger partial charge in [0.15, 0.2) is 0 Å². The first kappa shape index (κ1) is 26.5. The number of carbonyl (C=O) groups excluding carboxylic acids is 1. The molecule has 194 valence electrons. The first-order valence-electron chi connectivity index (χ1n) is 11.5. The Hall–Kier alpha value is -4.54. The van der Waals surface area contributed by atoms with Gasteiger partial charge in [-0.05, 0) is 47.0 Å². The van der Waals surface area contributed by atoms with E-state index in [1.54, 1.807) is 83.8 Å². The molecule has 0 aliphatic carbocycles. The van der Waals surface area contributed by atoms with Crippen molar-refractivity contribution in [2.75, 3.05) is 4.90 Å². The lowest BCUT2D eigenvalue weighted by atomic mass is 9.98. The minimum atomic E-state index is -3.96. The summed E-state index contributed by atoms with van der Waals surface area (Å²) in [5.74, 6) is -1.17. The van der Waals surface area contributed by atoms with E-state index in [0.717, 1.165) is 5.56 Å². The number of nitrogens with two attached hydrogens (primary N) is 3. The van der Waals surface area contributed by atoms with Crippen LogP contribution >= 0.6 is 0 Å². The zero-order valence-electron chi connectivity index (χ0n) is 20.2. The molecule has 0 saturated carbocycles. The number of halogens is 1. The zero-order valence-corrected chi connectivity index (χ0v) is 21.0. The zero-order chi connectivity index (χ0) is 27.4. The average molecular weight is 532 g/mol. The van der Waals surface area contributed by atoms with Crippen LogP contribution in [0, 0.1) is 11.2 Å². The summed E-state index contributed by atoms with van der Waals surface area (Å²) in [6.45, 7) is 0.200. The van der Waals surface area contributed by atoms with E-state index in [2.05, 4.69) is 0 Å². The van der Waals surface area contributed by atoms with Gasteiger partial charge in [0, 0.05) is 23.4 Å². The number of hydrogen-bond acceptors (Lipinski definition) is 5. The largest absolute Gasteiger partial charge is 0.384 e. The number of primary amides is 1. The van der Waals surface area contributed by atoms with Crippen molar-refractivity contribution in [3.8, 4) is 11.1 Å². The molecule has 4 rings (SSSR count). The van der Waals surface area contributed by atoms with E-state index in [1.165, 1.54) is 18.2 Å². The van der Waals surface area contributed by atoms with Gasteiger partial charge in [-0.15, -0.1) is 0 Å². The summed E-state index contributed by atoms with van der Waals surface area (Å²) < 4.78 is 37.7. The molecule has 0 aliphatic rings. The van der Waals surface area contributed by atoms with E-state index in [9.17, 15) is 17.6 Å². The molecule has 0 bridgehead atoms. The summed E-state index contributed by atoms with van der Waals surface area (Å²) in [5.41, 5.74) is 14.9. The van der Waals surface area contributed by atoms with Gasteiger partial charge in [-0.25, -0.2) is 17.9 Å². The van der Waals surface area contributed by atoms with Crippen molar-refractivity contribution in [2.45, 2.75) is 17.5 Å². The van der Waals surface area contributed by atoms with Crippen LogP contribution in [-0.4, -0.2) is 20.2 Å². The maximum absolute atomic E-state index is 13.5. The SMILES string of the molecule is N=C(N)c1cccc(N(Cc2ccc(F)cc2)C(C(N)=O)c2ccc(-c3ccccc3S(N)(=O)=O)cc2)c1. The van der Waals surface area contributed by atoms with Gasteiger partial charge in [-0.2, -0.15) is 0 Å². The molecule has 4 aromatic rings. The molecule has 1 unspecified atom stereocenters. The fraction of sp³-hybridized carbons (Fsp3) is 0.0714. The van der Waals surface area contributed by atoms with Gasteiger partial charge in [-0.1, -0.05) is 66.7 Å². The fourth-order valence-corrected chi connectivity index (χ4v) is 5.03. The summed E-state index contributed by atoms with van der Waals surface area (Å²) in [4.78, 5) is 14.6. The van der Waals surface area contributed by atoms with Crippen LogP contribution in [0.2, 0.25) is 0 Å². The lowest BCUT2D eigenvalue weighted by Gasteiger charge is -2.32. The van der Waals surface area contributed by atoms with Gasteiger partial charge in [0.05, 0.1) is 4.90 Å². The Morgan fingerprint density at radius 3 is 2.16 bits per heavy atom. The third kappa shape index (κ3) is 5.88. The minimum absolute atomic E-state index is 0.0156. The van der Waals surface area contributed by atoms with Crippen molar-refractivity contribution in [3.63, 3.8) is 0 Å². The molecule has 38 heavy (non-hydrogen) atoms. The van der Waals surface area contributed by atoms with Crippen LogP contribution in [0.25, 0.3) is 11.1 Å². The Kier molecular flexibility index (Phi) is 7.56. The number of primary sulfonamides is 1. The first-order valence-corrected chi connectivity index (χ1v) is 13.1. The molecule has 0 fully saturated rings. The number of carbonyl (C=O) groups is 1. The smallest absolute Gasteiger partial charge is 0.244 e. The van der Waals surface area contributed by atoms with Crippen LogP contribution < -0.4 is 21.5 Å². The second-order valence-electron chi connectivity index (χ2n) is 8.69. The van der Waals surface area contributed by atoms with Gasteiger partial charge >= 0.3 is 0 Å². The Morgan fingerprint density at radius 1 is 0.895 bits per heavy atom. The highest BCUT2D eigenvalue weighted by Crippen LogP contribution is 2.32. The first-order chi connectivity index (χ1) is 18.0. The molecule has 10 heteroatoms. The molecule has 0 radical (unpaired) electrons. The van der Waals surface area contributed by atoms with Crippen molar-refractivity contribution in [1.29, 1.82) is 5.41 Å². The number of sulfonamides is 1. The molecular formula is C28H26FN5O3S. The highest BCUT2D eigenvalue weighted by atomic mass is 32.2. The molecule has 7 N–H and O–H groups in total. The fourth-order valence-electron chi connectivity index (χ4n) is 4.27. The van der Waals surface area contributed by atoms with Crippen molar-refractivity contribution in [2.24, 2.45) is 16.6 Å². The van der Waals surface area contributed by atoms with Gasteiger partial charge in [0.1, 0.15) is 17.7 Å². The molecule has 1 amide bonds. The number of nitrogens with one attached hydrogen (secondary N) is 1. The Morgan fingerprint density at radius 2 is 1.55 bits per heavy atom. The van der Waals surface area contributed by atoms with Crippen LogP contribution in [0.15, 0.2) is 102 Å². The number of rotatable bonds is 9. The average Bonchev–Trinajstić information content (AvgIpc) is 2.89. The molecule has 0 heterocycles.